The molecule has 0 saturated carbocycles. The molecule has 2 aromatic carbocycles. The highest BCUT2D eigenvalue weighted by Crippen LogP contribution is 2.30. The van der Waals surface area contributed by atoms with E-state index >= 15 is 0 Å². The van der Waals surface area contributed by atoms with Crippen LogP contribution in [0.1, 0.15) is 5.56 Å². The molecular formula is C15H11BrClNOS. The molecule has 5 heteroatoms. The van der Waals surface area contributed by atoms with E-state index in [1.54, 1.807) is 3.97 Å². The third kappa shape index (κ3) is 2.43. The molecule has 1 unspecified atom stereocenters. The Morgan fingerprint density at radius 3 is 2.55 bits per heavy atom. The molecule has 0 aliphatic carbocycles. The van der Waals surface area contributed by atoms with Crippen LogP contribution < -0.4 is 0 Å². The molecule has 0 fully saturated rings. The van der Waals surface area contributed by atoms with Gasteiger partial charge in [-0.1, -0.05) is 35.4 Å². The summed E-state index contributed by atoms with van der Waals surface area (Å²) in [7, 11) is -1.29. The quantitative estimate of drug-likeness (QED) is 0.628. The van der Waals surface area contributed by atoms with Gasteiger partial charge in [-0.05, 0) is 47.1 Å². The second-order valence-corrected chi connectivity index (χ2v) is 7.18. The Labute approximate surface area is 133 Å². The molecule has 0 radical (unpaired) electrons. The average molecular weight is 369 g/mol. The number of halogens is 2. The summed E-state index contributed by atoms with van der Waals surface area (Å²) in [5, 5.41) is 1.63. The van der Waals surface area contributed by atoms with Gasteiger partial charge in [-0.25, -0.2) is 4.21 Å². The van der Waals surface area contributed by atoms with Crippen LogP contribution in [-0.2, 0) is 11.0 Å². The number of benzene rings is 2. The molecule has 0 bridgehead atoms. The van der Waals surface area contributed by atoms with Crippen molar-refractivity contribution in [3.63, 3.8) is 0 Å². The first-order valence-corrected chi connectivity index (χ1v) is 8.29. The molecule has 102 valence electrons. The Morgan fingerprint density at radius 2 is 1.85 bits per heavy atom. The highest BCUT2D eigenvalue weighted by atomic mass is 79.9. The summed E-state index contributed by atoms with van der Waals surface area (Å²) < 4.78 is 15.3. The van der Waals surface area contributed by atoms with E-state index in [2.05, 4.69) is 15.9 Å². The molecule has 0 saturated heterocycles. The molecule has 1 aromatic heterocycles. The number of aromatic nitrogens is 1. The number of fused-ring (bicyclic) bond motifs is 1. The van der Waals surface area contributed by atoms with Gasteiger partial charge in [-0.2, -0.15) is 0 Å². The first-order chi connectivity index (χ1) is 9.56. The van der Waals surface area contributed by atoms with Gasteiger partial charge in [0, 0.05) is 21.1 Å². The van der Waals surface area contributed by atoms with Crippen molar-refractivity contribution in [1.29, 1.82) is 0 Å². The molecule has 3 rings (SSSR count). The van der Waals surface area contributed by atoms with E-state index in [1.165, 1.54) is 0 Å². The fourth-order valence-electron chi connectivity index (χ4n) is 2.04. The van der Waals surface area contributed by atoms with Crippen LogP contribution in [0.5, 0.6) is 0 Å². The second kappa shape index (κ2) is 5.35. The maximum Gasteiger partial charge on any atom is 0.157 e. The van der Waals surface area contributed by atoms with Crippen molar-refractivity contribution in [3.8, 4) is 0 Å². The standard InChI is InChI=1S/C15H11BrClNOS/c1-10-2-5-12(6-3-10)20(19)18-9-14(16)13-7-4-11(17)8-15(13)18/h2-9H,1H3. The average Bonchev–Trinajstić information content (AvgIpc) is 2.75. The number of aryl methyl sites for hydroxylation is 1. The zero-order valence-electron chi connectivity index (χ0n) is 10.6. The van der Waals surface area contributed by atoms with Gasteiger partial charge in [0.25, 0.3) is 0 Å². The minimum absolute atomic E-state index is 0.630. The molecule has 20 heavy (non-hydrogen) atoms. The van der Waals surface area contributed by atoms with Crippen LogP contribution in [0.3, 0.4) is 0 Å². The molecule has 1 atom stereocenters. The molecule has 0 amide bonds. The van der Waals surface area contributed by atoms with Crippen molar-refractivity contribution in [2.45, 2.75) is 11.8 Å². The number of nitrogens with zero attached hydrogens (tertiary/aromatic N) is 1. The Bertz CT molecular complexity index is 811. The highest BCUT2D eigenvalue weighted by Gasteiger charge is 2.13. The van der Waals surface area contributed by atoms with Crippen molar-refractivity contribution in [2.75, 3.05) is 0 Å². The predicted molar refractivity (Wildman–Crippen MR) is 87.6 cm³/mol. The summed E-state index contributed by atoms with van der Waals surface area (Å²) >= 11 is 9.54. The Balaban J connectivity index is 2.16. The molecule has 0 aliphatic rings. The van der Waals surface area contributed by atoms with Gasteiger partial charge in [0.05, 0.1) is 10.4 Å². The Morgan fingerprint density at radius 1 is 1.15 bits per heavy atom. The van der Waals surface area contributed by atoms with Crippen LogP contribution in [0.4, 0.5) is 0 Å². The van der Waals surface area contributed by atoms with Gasteiger partial charge in [0.2, 0.25) is 0 Å². The van der Waals surface area contributed by atoms with Crippen LogP contribution in [0.15, 0.2) is 58.0 Å². The van der Waals surface area contributed by atoms with E-state index < -0.39 is 11.0 Å². The minimum Gasteiger partial charge on any atom is -0.261 e. The van der Waals surface area contributed by atoms with Gasteiger partial charge in [0.1, 0.15) is 0 Å². The van der Waals surface area contributed by atoms with E-state index in [4.69, 9.17) is 11.6 Å². The smallest absolute Gasteiger partial charge is 0.157 e. The van der Waals surface area contributed by atoms with Crippen molar-refractivity contribution in [3.05, 3.63) is 63.7 Å². The summed E-state index contributed by atoms with van der Waals surface area (Å²) in [6, 6.07) is 13.3. The summed E-state index contributed by atoms with van der Waals surface area (Å²) in [4.78, 5) is 0.764. The van der Waals surface area contributed by atoms with Crippen LogP contribution in [0, 0.1) is 6.92 Å². The largest absolute Gasteiger partial charge is 0.261 e. The maximum atomic E-state index is 12.7. The monoisotopic (exact) mass is 367 g/mol. The molecule has 0 spiro atoms. The first kappa shape index (κ1) is 13.9. The lowest BCUT2D eigenvalue weighted by Gasteiger charge is -2.05. The minimum atomic E-state index is -1.29. The van der Waals surface area contributed by atoms with E-state index in [0.29, 0.717) is 5.02 Å². The van der Waals surface area contributed by atoms with Crippen LogP contribution in [0.2, 0.25) is 5.02 Å². The summed E-state index contributed by atoms with van der Waals surface area (Å²) in [5.74, 6) is 0. The van der Waals surface area contributed by atoms with Gasteiger partial charge < -0.3 is 0 Å². The Kier molecular flexibility index (Phi) is 3.71. The molecule has 0 N–H and O–H groups in total. The van der Waals surface area contributed by atoms with Gasteiger partial charge in [-0.3, -0.25) is 3.97 Å². The fourth-order valence-corrected chi connectivity index (χ4v) is 4.01. The summed E-state index contributed by atoms with van der Waals surface area (Å²) in [6.45, 7) is 2.01. The van der Waals surface area contributed by atoms with Gasteiger partial charge in [0.15, 0.2) is 11.0 Å². The molecular weight excluding hydrogens is 358 g/mol. The van der Waals surface area contributed by atoms with E-state index in [9.17, 15) is 4.21 Å². The molecule has 3 aromatic rings. The normalized spacial score (nSPS) is 12.8. The zero-order chi connectivity index (χ0) is 14.3. The fraction of sp³-hybridized carbons (Fsp3) is 0.0667. The van der Waals surface area contributed by atoms with Crippen molar-refractivity contribution < 1.29 is 4.21 Å². The van der Waals surface area contributed by atoms with Crippen molar-refractivity contribution in [1.82, 2.24) is 3.97 Å². The van der Waals surface area contributed by atoms with E-state index in [1.807, 2.05) is 55.6 Å². The maximum absolute atomic E-state index is 12.7. The third-order valence-corrected chi connectivity index (χ3v) is 5.29. The van der Waals surface area contributed by atoms with Gasteiger partial charge in [-0.15, -0.1) is 0 Å². The summed E-state index contributed by atoms with van der Waals surface area (Å²) in [5.41, 5.74) is 2.00. The molecule has 1 heterocycles. The lowest BCUT2D eigenvalue weighted by atomic mass is 10.2. The first-order valence-electron chi connectivity index (χ1n) is 6.01. The lowest BCUT2D eigenvalue weighted by molar-refractivity contribution is 0.678. The number of hydrogen-bond acceptors (Lipinski definition) is 1. The van der Waals surface area contributed by atoms with Crippen LogP contribution in [0.25, 0.3) is 10.9 Å². The molecule has 2 nitrogen and oxygen atoms in total. The number of rotatable bonds is 2. The van der Waals surface area contributed by atoms with Crippen LogP contribution >= 0.6 is 27.5 Å². The lowest BCUT2D eigenvalue weighted by Crippen LogP contribution is -2.03. The summed E-state index contributed by atoms with van der Waals surface area (Å²) in [6.07, 6.45) is 1.83. The molecule has 0 aliphatic heterocycles. The van der Waals surface area contributed by atoms with Gasteiger partial charge >= 0.3 is 0 Å². The topological polar surface area (TPSA) is 22.0 Å². The van der Waals surface area contributed by atoms with Crippen molar-refractivity contribution >= 4 is 49.4 Å². The van der Waals surface area contributed by atoms with E-state index in [0.717, 1.165) is 25.8 Å². The SMILES string of the molecule is Cc1ccc(S(=O)n2cc(Br)c3ccc(Cl)cc32)cc1. The highest BCUT2D eigenvalue weighted by molar-refractivity contribution is 9.10. The zero-order valence-corrected chi connectivity index (χ0v) is 13.8. The third-order valence-electron chi connectivity index (χ3n) is 3.09. The van der Waals surface area contributed by atoms with Crippen LogP contribution in [-0.4, -0.2) is 8.18 Å². The Hall–Kier alpha value is -1.10. The number of hydrogen-bond donors (Lipinski definition) is 0. The predicted octanol–water partition coefficient (Wildman–Crippen LogP) is 4.94. The van der Waals surface area contributed by atoms with Crippen molar-refractivity contribution in [2.24, 2.45) is 0 Å². The van der Waals surface area contributed by atoms with E-state index in [-0.39, 0.29) is 0 Å². The second-order valence-electron chi connectivity index (χ2n) is 4.53.